The fraction of sp³-hybridized carbons (Fsp3) is 0.471. The van der Waals surface area contributed by atoms with Crippen LogP contribution in [0.15, 0.2) is 22.7 Å². The molecule has 1 aliphatic rings. The van der Waals surface area contributed by atoms with Crippen molar-refractivity contribution in [1.82, 2.24) is 15.0 Å². The number of carbonyl (C=O) groups excluding carboxylic acids is 1. The van der Waals surface area contributed by atoms with Crippen LogP contribution in [0, 0.1) is 6.92 Å². The number of nitrogens with zero attached hydrogens (tertiary/aromatic N) is 3. The Balaban J connectivity index is 1.82. The normalized spacial score (nSPS) is 18.2. The predicted octanol–water partition coefficient (Wildman–Crippen LogP) is 2.30. The summed E-state index contributed by atoms with van der Waals surface area (Å²) in [6.07, 6.45) is -0.283. The van der Waals surface area contributed by atoms with Gasteiger partial charge in [0, 0.05) is 6.54 Å². The van der Waals surface area contributed by atoms with E-state index in [1.807, 2.05) is 26.0 Å². The lowest BCUT2D eigenvalue weighted by molar-refractivity contribution is -0.0247. The Kier molecular flexibility index (Phi) is 4.53. The van der Waals surface area contributed by atoms with Crippen molar-refractivity contribution in [2.75, 3.05) is 25.4 Å². The summed E-state index contributed by atoms with van der Waals surface area (Å²) in [4.78, 5) is 19.0. The second-order valence-corrected chi connectivity index (χ2v) is 6.25. The van der Waals surface area contributed by atoms with Crippen molar-refractivity contribution in [3.63, 3.8) is 0 Å². The molecule has 1 saturated heterocycles. The highest BCUT2D eigenvalue weighted by Crippen LogP contribution is 2.26. The van der Waals surface area contributed by atoms with E-state index in [2.05, 4.69) is 10.1 Å². The number of rotatable bonds is 3. The van der Waals surface area contributed by atoms with Crippen LogP contribution in [-0.4, -0.2) is 40.6 Å². The molecule has 1 fully saturated rings. The van der Waals surface area contributed by atoms with Crippen molar-refractivity contribution in [3.8, 4) is 0 Å². The molecule has 1 atom stereocenters. The molecule has 0 saturated carbocycles. The van der Waals surface area contributed by atoms with Crippen LogP contribution in [0.25, 0.3) is 0 Å². The Morgan fingerprint density at radius 2 is 2.21 bits per heavy atom. The lowest BCUT2D eigenvalue weighted by Gasteiger charge is -2.32. The lowest BCUT2D eigenvalue weighted by Crippen LogP contribution is -2.42. The van der Waals surface area contributed by atoms with Gasteiger partial charge in [0.15, 0.2) is 0 Å². The van der Waals surface area contributed by atoms with Gasteiger partial charge in [-0.05, 0) is 25.0 Å². The summed E-state index contributed by atoms with van der Waals surface area (Å²) in [7, 11) is 0. The largest absolute Gasteiger partial charge is 0.384 e. The van der Waals surface area contributed by atoms with Gasteiger partial charge in [0.25, 0.3) is 5.91 Å². The fourth-order valence-corrected chi connectivity index (χ4v) is 2.86. The molecule has 3 heterocycles. The third-order valence-electron chi connectivity index (χ3n) is 4.13. The minimum atomic E-state index is -0.283. The molecule has 128 valence electrons. The highest BCUT2D eigenvalue weighted by Gasteiger charge is 2.31. The van der Waals surface area contributed by atoms with Gasteiger partial charge in [0.2, 0.25) is 0 Å². The smallest absolute Gasteiger partial charge is 0.259 e. The molecule has 0 aliphatic carbocycles. The molecule has 3 rings (SSSR count). The van der Waals surface area contributed by atoms with Crippen molar-refractivity contribution in [2.45, 2.75) is 32.8 Å². The molecule has 1 aliphatic heterocycles. The summed E-state index contributed by atoms with van der Waals surface area (Å²) >= 11 is 0. The Morgan fingerprint density at radius 1 is 1.42 bits per heavy atom. The molecule has 2 N–H and O–H groups in total. The lowest BCUT2D eigenvalue weighted by atomic mass is 10.0. The first-order valence-electron chi connectivity index (χ1n) is 8.07. The second-order valence-electron chi connectivity index (χ2n) is 6.25. The zero-order chi connectivity index (χ0) is 17.3. The number of nitrogen functional groups attached to an aromatic ring is 1. The predicted molar refractivity (Wildman–Crippen MR) is 88.6 cm³/mol. The third-order valence-corrected chi connectivity index (χ3v) is 4.13. The van der Waals surface area contributed by atoms with Gasteiger partial charge in [-0.3, -0.25) is 4.79 Å². The number of carbonyl (C=O) groups is 1. The first-order chi connectivity index (χ1) is 11.5. The topological polar surface area (TPSA) is 94.5 Å². The van der Waals surface area contributed by atoms with E-state index in [0.717, 1.165) is 5.69 Å². The van der Waals surface area contributed by atoms with Gasteiger partial charge < -0.3 is 19.9 Å². The molecular formula is C17H22N4O3. The fourth-order valence-electron chi connectivity index (χ4n) is 2.86. The van der Waals surface area contributed by atoms with Crippen LogP contribution in [0.4, 0.5) is 5.82 Å². The zero-order valence-electron chi connectivity index (χ0n) is 14.2. The third kappa shape index (κ3) is 3.12. The molecule has 7 nitrogen and oxygen atoms in total. The van der Waals surface area contributed by atoms with Crippen LogP contribution < -0.4 is 5.73 Å². The van der Waals surface area contributed by atoms with E-state index < -0.39 is 0 Å². The van der Waals surface area contributed by atoms with Crippen molar-refractivity contribution >= 4 is 11.7 Å². The van der Waals surface area contributed by atoms with Gasteiger partial charge in [-0.2, -0.15) is 0 Å². The number of anilines is 1. The number of aryl methyl sites for hydroxylation is 1. The summed E-state index contributed by atoms with van der Waals surface area (Å²) in [6, 6.07) is 5.42. The van der Waals surface area contributed by atoms with E-state index in [1.165, 1.54) is 0 Å². The second kappa shape index (κ2) is 6.60. The molecule has 0 radical (unpaired) electrons. The molecular weight excluding hydrogens is 308 g/mol. The summed E-state index contributed by atoms with van der Waals surface area (Å²) in [6.45, 7) is 7.16. The average molecular weight is 330 g/mol. The molecule has 0 spiro atoms. The maximum Gasteiger partial charge on any atom is 0.259 e. The molecule has 0 bridgehead atoms. The maximum atomic E-state index is 13.0. The standard InChI is InChI=1S/C17H22N4O3/c1-10(2)16-15(11(3)24-20-16)17(22)21-7-8-23-13(9-21)12-5-4-6-14(18)19-12/h4-6,10,13H,7-9H2,1-3H3,(H2,18,19)/t13-/m1/s1. The summed E-state index contributed by atoms with van der Waals surface area (Å²) in [5.74, 6) is 1.04. The summed E-state index contributed by atoms with van der Waals surface area (Å²) < 4.78 is 11.0. The monoisotopic (exact) mass is 330 g/mol. The van der Waals surface area contributed by atoms with E-state index in [0.29, 0.717) is 42.5 Å². The van der Waals surface area contributed by atoms with Crippen LogP contribution in [-0.2, 0) is 4.74 Å². The van der Waals surface area contributed by atoms with E-state index in [4.69, 9.17) is 15.0 Å². The van der Waals surface area contributed by atoms with E-state index in [1.54, 1.807) is 17.9 Å². The highest BCUT2D eigenvalue weighted by atomic mass is 16.5. The van der Waals surface area contributed by atoms with Crippen molar-refractivity contribution in [1.29, 1.82) is 0 Å². The highest BCUT2D eigenvalue weighted by molar-refractivity contribution is 5.96. The average Bonchev–Trinajstić information content (AvgIpc) is 2.96. The Morgan fingerprint density at radius 3 is 2.92 bits per heavy atom. The summed E-state index contributed by atoms with van der Waals surface area (Å²) in [5.41, 5.74) is 7.74. The van der Waals surface area contributed by atoms with Crippen LogP contribution in [0.2, 0.25) is 0 Å². The molecule has 1 amide bonds. The van der Waals surface area contributed by atoms with Crippen LogP contribution in [0.1, 0.15) is 53.4 Å². The van der Waals surface area contributed by atoms with Gasteiger partial charge >= 0.3 is 0 Å². The number of nitrogens with two attached hydrogens (primary N) is 1. The molecule has 2 aromatic rings. The molecule has 0 unspecified atom stereocenters. The Bertz CT molecular complexity index is 741. The number of morpholine rings is 1. The van der Waals surface area contributed by atoms with Gasteiger partial charge in [-0.15, -0.1) is 0 Å². The molecule has 0 aromatic carbocycles. The number of hydrogen-bond acceptors (Lipinski definition) is 6. The van der Waals surface area contributed by atoms with Crippen molar-refractivity contribution in [3.05, 3.63) is 40.9 Å². The van der Waals surface area contributed by atoms with E-state index in [-0.39, 0.29) is 17.9 Å². The van der Waals surface area contributed by atoms with Crippen LogP contribution in [0.3, 0.4) is 0 Å². The quantitative estimate of drug-likeness (QED) is 0.928. The minimum absolute atomic E-state index is 0.0744. The first-order valence-corrected chi connectivity index (χ1v) is 8.07. The Labute approximate surface area is 140 Å². The summed E-state index contributed by atoms with van der Waals surface area (Å²) in [5, 5.41) is 4.04. The number of hydrogen-bond donors (Lipinski definition) is 1. The minimum Gasteiger partial charge on any atom is -0.384 e. The van der Waals surface area contributed by atoms with Crippen molar-refractivity contribution in [2.24, 2.45) is 0 Å². The van der Waals surface area contributed by atoms with Gasteiger partial charge in [0.05, 0.1) is 24.5 Å². The number of aromatic nitrogens is 2. The number of pyridine rings is 1. The van der Waals surface area contributed by atoms with E-state index in [9.17, 15) is 4.79 Å². The number of amides is 1. The SMILES string of the molecule is Cc1onc(C(C)C)c1C(=O)N1CCO[C@@H](c2cccc(N)n2)C1. The number of ether oxygens (including phenoxy) is 1. The molecule has 2 aromatic heterocycles. The maximum absolute atomic E-state index is 13.0. The van der Waals surface area contributed by atoms with Crippen LogP contribution in [0.5, 0.6) is 0 Å². The molecule has 7 heteroatoms. The first kappa shape index (κ1) is 16.4. The van der Waals surface area contributed by atoms with Gasteiger partial charge in [-0.25, -0.2) is 4.98 Å². The van der Waals surface area contributed by atoms with Gasteiger partial charge in [-0.1, -0.05) is 25.1 Å². The Hall–Kier alpha value is -2.41. The molecule has 24 heavy (non-hydrogen) atoms. The van der Waals surface area contributed by atoms with Crippen LogP contribution >= 0.6 is 0 Å². The van der Waals surface area contributed by atoms with Gasteiger partial charge in [0.1, 0.15) is 23.2 Å². The zero-order valence-corrected chi connectivity index (χ0v) is 14.2. The van der Waals surface area contributed by atoms with Crippen molar-refractivity contribution < 1.29 is 14.1 Å². The van der Waals surface area contributed by atoms with E-state index >= 15 is 0 Å².